The van der Waals surface area contributed by atoms with Crippen LogP contribution in [0.2, 0.25) is 0 Å². The first-order valence-electron chi connectivity index (χ1n) is 5.80. The Balaban J connectivity index is 2.84. The van der Waals surface area contributed by atoms with Crippen molar-refractivity contribution in [1.82, 2.24) is 0 Å². The van der Waals surface area contributed by atoms with Crippen LogP contribution in [-0.4, -0.2) is 32.9 Å². The molecule has 0 aliphatic carbocycles. The Hall–Kier alpha value is -1.73. The predicted molar refractivity (Wildman–Crippen MR) is 70.6 cm³/mol. The van der Waals surface area contributed by atoms with Gasteiger partial charge in [0.15, 0.2) is 11.9 Å². The van der Waals surface area contributed by atoms with E-state index < -0.39 is 28.3 Å². The molecule has 0 aliphatic heterocycles. The molecule has 0 amide bonds. The maximum absolute atomic E-state index is 11.9. The van der Waals surface area contributed by atoms with Gasteiger partial charge < -0.3 is 4.74 Å². The third kappa shape index (κ3) is 4.43. The summed E-state index contributed by atoms with van der Waals surface area (Å²) in [4.78, 5) is 21.7. The molecule has 0 heterocycles. The second-order valence-electron chi connectivity index (χ2n) is 4.55. The van der Waals surface area contributed by atoms with Crippen molar-refractivity contribution < 1.29 is 26.9 Å². The third-order valence-electron chi connectivity index (χ3n) is 2.44. The molecule has 0 saturated heterocycles. The van der Waals surface area contributed by atoms with E-state index in [9.17, 15) is 18.0 Å². The van der Waals surface area contributed by atoms with Crippen molar-refractivity contribution in [2.24, 2.45) is 0 Å². The molecule has 0 radical (unpaired) electrons. The van der Waals surface area contributed by atoms with Gasteiger partial charge in [0, 0.05) is 6.92 Å². The summed E-state index contributed by atoms with van der Waals surface area (Å²) in [6.45, 7) is 3.63. The lowest BCUT2D eigenvalue weighted by molar-refractivity contribution is -0.161. The van der Waals surface area contributed by atoms with Crippen LogP contribution in [-0.2, 0) is 28.6 Å². The molecule has 7 heteroatoms. The molecule has 1 atom stereocenters. The largest absolute Gasteiger partial charge is 0.449 e. The van der Waals surface area contributed by atoms with E-state index in [1.807, 2.05) is 6.92 Å². The lowest BCUT2D eigenvalue weighted by Crippen LogP contribution is -2.38. The van der Waals surface area contributed by atoms with Crippen LogP contribution in [0.1, 0.15) is 19.4 Å². The first-order chi connectivity index (χ1) is 9.18. The molecule has 0 spiro atoms. The standard InChI is InChI=1S/C13H16O6S/c1-10-4-6-12(7-5-10)20(16,17)18-9-13(3,8-14)19-11(2)15/h4-8H,9H2,1-3H3. The minimum absolute atomic E-state index is 0.0285. The summed E-state index contributed by atoms with van der Waals surface area (Å²) in [5.41, 5.74) is -0.731. The van der Waals surface area contributed by atoms with Crippen LogP contribution < -0.4 is 0 Å². The summed E-state index contributed by atoms with van der Waals surface area (Å²) in [7, 11) is -4.01. The summed E-state index contributed by atoms with van der Waals surface area (Å²) in [6.07, 6.45) is 0.332. The molecule has 110 valence electrons. The van der Waals surface area contributed by atoms with Gasteiger partial charge in [-0.1, -0.05) is 17.7 Å². The Bertz CT molecular complexity index is 590. The van der Waals surface area contributed by atoms with E-state index in [0.29, 0.717) is 6.29 Å². The number of ether oxygens (including phenoxy) is 1. The van der Waals surface area contributed by atoms with Gasteiger partial charge in [0.05, 0.1) is 4.90 Å². The number of hydrogen-bond acceptors (Lipinski definition) is 6. The average Bonchev–Trinajstić information content (AvgIpc) is 2.36. The van der Waals surface area contributed by atoms with Gasteiger partial charge in [-0.15, -0.1) is 0 Å². The van der Waals surface area contributed by atoms with Crippen molar-refractivity contribution in [3.8, 4) is 0 Å². The number of aldehydes is 1. The van der Waals surface area contributed by atoms with Gasteiger partial charge in [0.2, 0.25) is 0 Å². The number of carbonyl (C=O) groups excluding carboxylic acids is 2. The number of hydrogen-bond donors (Lipinski definition) is 0. The third-order valence-corrected chi connectivity index (χ3v) is 3.71. The highest BCUT2D eigenvalue weighted by molar-refractivity contribution is 7.86. The summed E-state index contributed by atoms with van der Waals surface area (Å²) >= 11 is 0. The Morgan fingerprint density at radius 3 is 2.30 bits per heavy atom. The molecule has 6 nitrogen and oxygen atoms in total. The lowest BCUT2D eigenvalue weighted by Gasteiger charge is -2.22. The number of rotatable bonds is 6. The van der Waals surface area contributed by atoms with E-state index in [2.05, 4.69) is 0 Å². The normalized spacial score (nSPS) is 14.3. The van der Waals surface area contributed by atoms with Crippen LogP contribution in [0.3, 0.4) is 0 Å². The Morgan fingerprint density at radius 1 is 1.30 bits per heavy atom. The minimum Gasteiger partial charge on any atom is -0.449 e. The Kier molecular flexibility index (Phi) is 5.02. The number of carbonyl (C=O) groups is 2. The molecule has 0 aliphatic rings. The van der Waals surface area contributed by atoms with Gasteiger partial charge >= 0.3 is 5.97 Å². The summed E-state index contributed by atoms with van der Waals surface area (Å²) in [6, 6.07) is 6.05. The molecule has 0 aromatic heterocycles. The van der Waals surface area contributed by atoms with Crippen molar-refractivity contribution >= 4 is 22.4 Å². The van der Waals surface area contributed by atoms with Gasteiger partial charge in [-0.05, 0) is 26.0 Å². The average molecular weight is 300 g/mol. The highest BCUT2D eigenvalue weighted by atomic mass is 32.2. The molecule has 20 heavy (non-hydrogen) atoms. The molecule has 0 bridgehead atoms. The zero-order valence-corrected chi connectivity index (χ0v) is 12.3. The van der Waals surface area contributed by atoms with Crippen LogP contribution in [0.5, 0.6) is 0 Å². The molecule has 1 rings (SSSR count). The van der Waals surface area contributed by atoms with Crippen molar-refractivity contribution in [2.45, 2.75) is 31.3 Å². The van der Waals surface area contributed by atoms with Crippen LogP contribution in [0.15, 0.2) is 29.2 Å². The maximum atomic E-state index is 11.9. The molecular formula is C13H16O6S. The monoisotopic (exact) mass is 300 g/mol. The number of aryl methyl sites for hydroxylation is 1. The van der Waals surface area contributed by atoms with Gasteiger partial charge in [0.25, 0.3) is 10.1 Å². The van der Waals surface area contributed by atoms with Gasteiger partial charge in [-0.2, -0.15) is 8.42 Å². The fourth-order valence-corrected chi connectivity index (χ4v) is 2.38. The fourth-order valence-electron chi connectivity index (χ4n) is 1.38. The molecule has 1 aromatic carbocycles. The highest BCUT2D eigenvalue weighted by Gasteiger charge is 2.30. The minimum atomic E-state index is -4.01. The molecule has 0 N–H and O–H groups in total. The summed E-state index contributed by atoms with van der Waals surface area (Å²) in [5, 5.41) is 0. The first-order valence-corrected chi connectivity index (χ1v) is 7.21. The molecule has 0 saturated carbocycles. The summed E-state index contributed by atoms with van der Waals surface area (Å²) in [5.74, 6) is -0.698. The SMILES string of the molecule is CC(=O)OC(C)(C=O)COS(=O)(=O)c1ccc(C)cc1. The van der Waals surface area contributed by atoms with Crippen LogP contribution in [0.4, 0.5) is 0 Å². The van der Waals surface area contributed by atoms with E-state index in [4.69, 9.17) is 8.92 Å². The molecule has 1 aromatic rings. The van der Waals surface area contributed by atoms with Crippen LogP contribution in [0, 0.1) is 6.92 Å². The van der Waals surface area contributed by atoms with Crippen LogP contribution in [0.25, 0.3) is 0 Å². The number of esters is 1. The van der Waals surface area contributed by atoms with E-state index in [1.165, 1.54) is 19.1 Å². The second kappa shape index (κ2) is 6.15. The molecule has 1 unspecified atom stereocenters. The second-order valence-corrected chi connectivity index (χ2v) is 6.17. The summed E-state index contributed by atoms with van der Waals surface area (Å²) < 4.78 is 33.3. The van der Waals surface area contributed by atoms with Crippen molar-refractivity contribution in [3.05, 3.63) is 29.8 Å². The van der Waals surface area contributed by atoms with E-state index in [-0.39, 0.29) is 4.90 Å². The highest BCUT2D eigenvalue weighted by Crippen LogP contribution is 2.16. The van der Waals surface area contributed by atoms with Crippen LogP contribution >= 0.6 is 0 Å². The first kappa shape index (κ1) is 16.3. The van der Waals surface area contributed by atoms with Gasteiger partial charge in [-0.25, -0.2) is 0 Å². The topological polar surface area (TPSA) is 86.7 Å². The van der Waals surface area contributed by atoms with Gasteiger partial charge in [-0.3, -0.25) is 13.8 Å². The maximum Gasteiger partial charge on any atom is 0.303 e. The van der Waals surface area contributed by atoms with Crippen molar-refractivity contribution in [3.63, 3.8) is 0 Å². The fraction of sp³-hybridized carbons (Fsp3) is 0.385. The smallest absolute Gasteiger partial charge is 0.303 e. The Morgan fingerprint density at radius 2 is 1.85 bits per heavy atom. The van der Waals surface area contributed by atoms with E-state index in [0.717, 1.165) is 12.5 Å². The Labute approximate surface area is 117 Å². The lowest BCUT2D eigenvalue weighted by atomic mass is 10.1. The zero-order chi connectivity index (χ0) is 15.4. The van der Waals surface area contributed by atoms with E-state index >= 15 is 0 Å². The predicted octanol–water partition coefficient (Wildman–Crippen LogP) is 1.22. The van der Waals surface area contributed by atoms with Crippen molar-refractivity contribution in [1.29, 1.82) is 0 Å². The van der Waals surface area contributed by atoms with E-state index in [1.54, 1.807) is 12.1 Å². The number of benzene rings is 1. The molecule has 0 fully saturated rings. The van der Waals surface area contributed by atoms with Crippen molar-refractivity contribution in [2.75, 3.05) is 6.61 Å². The quantitative estimate of drug-likeness (QED) is 0.446. The van der Waals surface area contributed by atoms with Gasteiger partial charge in [0.1, 0.15) is 6.61 Å². The molecular weight excluding hydrogens is 284 g/mol. The zero-order valence-electron chi connectivity index (χ0n) is 11.5.